The smallest absolute Gasteiger partial charge is 0.312 e. The highest BCUT2D eigenvalue weighted by Crippen LogP contribution is 2.18. The van der Waals surface area contributed by atoms with Crippen molar-refractivity contribution in [2.75, 3.05) is 6.54 Å². The second-order valence-electron chi connectivity index (χ2n) is 8.56. The number of nitrogens with two attached hydrogens (primary N) is 1. The Balaban J connectivity index is 3.39. The number of rotatable bonds is 22. The first-order valence-electron chi connectivity index (χ1n) is 12.3. The lowest BCUT2D eigenvalue weighted by molar-refractivity contribution is -0.142. The Hall–Kier alpha value is -1.26. The average molecular weight is 413 g/mol. The largest absolute Gasteiger partial charge is 0.481 e. The minimum atomic E-state index is -0.682. The molecule has 0 aromatic rings. The normalized spacial score (nSPS) is 12.0. The fourth-order valence-corrected chi connectivity index (χ4v) is 3.88. The molecule has 0 bridgehead atoms. The van der Waals surface area contributed by atoms with E-state index in [0.29, 0.717) is 13.0 Å². The Morgan fingerprint density at radius 3 is 1.45 bits per heavy atom. The third-order valence-electron chi connectivity index (χ3n) is 5.78. The molecule has 1 unspecified atom stereocenters. The lowest BCUT2D eigenvalue weighted by Crippen LogP contribution is -2.30. The van der Waals surface area contributed by atoms with E-state index in [-0.39, 0.29) is 5.92 Å². The highest BCUT2D eigenvalue weighted by molar-refractivity contribution is 5.71. The van der Waals surface area contributed by atoms with Crippen LogP contribution in [0, 0.1) is 5.92 Å². The van der Waals surface area contributed by atoms with Crippen LogP contribution in [0.1, 0.15) is 129 Å². The van der Waals surface area contributed by atoms with Gasteiger partial charge in [-0.3, -0.25) is 4.79 Å². The highest BCUT2D eigenvalue weighted by Gasteiger charge is 2.16. The molecular formula is C24H48N2O3. The van der Waals surface area contributed by atoms with Crippen molar-refractivity contribution in [3.05, 3.63) is 0 Å². The van der Waals surface area contributed by atoms with Crippen molar-refractivity contribution in [2.45, 2.75) is 129 Å². The molecule has 4 N–H and O–H groups in total. The van der Waals surface area contributed by atoms with Gasteiger partial charge in [0.25, 0.3) is 0 Å². The van der Waals surface area contributed by atoms with Crippen molar-refractivity contribution in [3.8, 4) is 0 Å². The number of carbonyl (C=O) groups is 2. The summed E-state index contributed by atoms with van der Waals surface area (Å²) in [5.74, 6) is -0.927. The summed E-state index contributed by atoms with van der Waals surface area (Å²) in [7, 11) is 0. The van der Waals surface area contributed by atoms with Gasteiger partial charge in [-0.15, -0.1) is 0 Å². The number of carbonyl (C=O) groups excluding carboxylic acids is 1. The maximum Gasteiger partial charge on any atom is 0.312 e. The molecule has 0 rings (SSSR count). The fourth-order valence-electron chi connectivity index (χ4n) is 3.88. The van der Waals surface area contributed by atoms with Crippen LogP contribution in [-0.4, -0.2) is 23.7 Å². The summed E-state index contributed by atoms with van der Waals surface area (Å²) in [5, 5.41) is 11.9. The minimum Gasteiger partial charge on any atom is -0.481 e. The Bertz CT molecular complexity index is 388. The van der Waals surface area contributed by atoms with Crippen LogP contribution >= 0.6 is 0 Å². The van der Waals surface area contributed by atoms with E-state index in [2.05, 4.69) is 12.2 Å². The van der Waals surface area contributed by atoms with Gasteiger partial charge in [-0.05, 0) is 19.3 Å². The van der Waals surface area contributed by atoms with Gasteiger partial charge in [0.15, 0.2) is 0 Å². The van der Waals surface area contributed by atoms with Crippen LogP contribution in [0.3, 0.4) is 0 Å². The summed E-state index contributed by atoms with van der Waals surface area (Å²) in [6, 6.07) is -0.516. The number of amides is 2. The molecule has 0 aliphatic heterocycles. The quantitative estimate of drug-likeness (QED) is 0.171. The number of hydrogen-bond donors (Lipinski definition) is 3. The van der Waals surface area contributed by atoms with Gasteiger partial charge in [0.2, 0.25) is 0 Å². The third kappa shape index (κ3) is 21.3. The van der Waals surface area contributed by atoms with Gasteiger partial charge in [0.1, 0.15) is 0 Å². The summed E-state index contributed by atoms with van der Waals surface area (Å²) < 4.78 is 0. The second kappa shape index (κ2) is 21.4. The predicted octanol–water partition coefficient (Wildman–Crippen LogP) is 6.79. The van der Waals surface area contributed by atoms with Crippen LogP contribution in [0.25, 0.3) is 0 Å². The van der Waals surface area contributed by atoms with Crippen molar-refractivity contribution in [3.63, 3.8) is 0 Å². The molecule has 0 heterocycles. The SMILES string of the molecule is CCCCCCCCCCCCCCCCCC(CCCCNC(N)=O)C(=O)O. The molecule has 0 spiro atoms. The molecule has 0 aliphatic carbocycles. The Kier molecular flexibility index (Phi) is 20.5. The predicted molar refractivity (Wildman–Crippen MR) is 122 cm³/mol. The molecule has 172 valence electrons. The first kappa shape index (κ1) is 27.7. The standard InChI is InChI=1S/C24H48N2O3/c1-2-3-4-5-6-7-8-9-10-11-12-13-14-15-16-19-22(23(27)28)20-17-18-21-26-24(25)29/h22H,2-21H2,1H3,(H,27,28)(H3,25,26,29). The maximum absolute atomic E-state index is 11.4. The molecule has 0 fully saturated rings. The first-order chi connectivity index (χ1) is 14.1. The zero-order chi connectivity index (χ0) is 21.6. The Morgan fingerprint density at radius 1 is 0.690 bits per heavy atom. The zero-order valence-corrected chi connectivity index (χ0v) is 19.1. The number of urea groups is 1. The number of carboxylic acid groups (broad SMARTS) is 1. The molecule has 0 saturated heterocycles. The number of hydrogen-bond acceptors (Lipinski definition) is 2. The molecule has 0 aromatic heterocycles. The molecule has 2 amide bonds. The summed E-state index contributed by atoms with van der Waals surface area (Å²) >= 11 is 0. The van der Waals surface area contributed by atoms with E-state index in [1.807, 2.05) is 0 Å². The number of carboxylic acids is 1. The fraction of sp³-hybridized carbons (Fsp3) is 0.917. The van der Waals surface area contributed by atoms with E-state index >= 15 is 0 Å². The van der Waals surface area contributed by atoms with Crippen molar-refractivity contribution in [2.24, 2.45) is 11.7 Å². The second-order valence-corrected chi connectivity index (χ2v) is 8.56. The summed E-state index contributed by atoms with van der Waals surface area (Å²) in [5.41, 5.74) is 5.01. The zero-order valence-electron chi connectivity index (χ0n) is 19.1. The molecular weight excluding hydrogens is 364 g/mol. The first-order valence-corrected chi connectivity index (χ1v) is 12.3. The van der Waals surface area contributed by atoms with Gasteiger partial charge in [-0.2, -0.15) is 0 Å². The lowest BCUT2D eigenvalue weighted by Gasteiger charge is -2.12. The monoisotopic (exact) mass is 412 g/mol. The van der Waals surface area contributed by atoms with Gasteiger partial charge < -0.3 is 16.2 Å². The van der Waals surface area contributed by atoms with Crippen molar-refractivity contribution in [1.82, 2.24) is 5.32 Å². The van der Waals surface area contributed by atoms with E-state index in [9.17, 15) is 14.7 Å². The van der Waals surface area contributed by atoms with E-state index in [1.54, 1.807) is 0 Å². The van der Waals surface area contributed by atoms with Crippen LogP contribution in [0.15, 0.2) is 0 Å². The van der Waals surface area contributed by atoms with E-state index in [4.69, 9.17) is 5.73 Å². The summed E-state index contributed by atoms with van der Waals surface area (Å²) in [4.78, 5) is 22.0. The topological polar surface area (TPSA) is 92.4 Å². The molecule has 1 atom stereocenters. The maximum atomic E-state index is 11.4. The number of nitrogens with one attached hydrogen (secondary N) is 1. The van der Waals surface area contributed by atoms with Crippen molar-refractivity contribution in [1.29, 1.82) is 0 Å². The van der Waals surface area contributed by atoms with Crippen molar-refractivity contribution >= 4 is 12.0 Å². The molecule has 0 aromatic carbocycles. The van der Waals surface area contributed by atoms with E-state index in [1.165, 1.54) is 83.5 Å². The molecule has 5 nitrogen and oxygen atoms in total. The average Bonchev–Trinajstić information content (AvgIpc) is 2.68. The number of primary amides is 1. The van der Waals surface area contributed by atoms with Gasteiger partial charge in [0.05, 0.1) is 5.92 Å². The molecule has 0 saturated carbocycles. The van der Waals surface area contributed by atoms with E-state index in [0.717, 1.165) is 32.1 Å². The highest BCUT2D eigenvalue weighted by atomic mass is 16.4. The molecule has 0 aliphatic rings. The minimum absolute atomic E-state index is 0.245. The molecule has 0 radical (unpaired) electrons. The van der Waals surface area contributed by atoms with Crippen LogP contribution < -0.4 is 11.1 Å². The Labute approximate surface area is 179 Å². The third-order valence-corrected chi connectivity index (χ3v) is 5.78. The van der Waals surface area contributed by atoms with Crippen LogP contribution in [-0.2, 0) is 4.79 Å². The van der Waals surface area contributed by atoms with Crippen molar-refractivity contribution < 1.29 is 14.7 Å². The van der Waals surface area contributed by atoms with Gasteiger partial charge in [-0.1, -0.05) is 110 Å². The number of unbranched alkanes of at least 4 members (excludes halogenated alkanes) is 15. The van der Waals surface area contributed by atoms with Crippen LogP contribution in [0.2, 0.25) is 0 Å². The Morgan fingerprint density at radius 2 is 1.07 bits per heavy atom. The molecule has 29 heavy (non-hydrogen) atoms. The van der Waals surface area contributed by atoms with Gasteiger partial charge in [0, 0.05) is 6.54 Å². The lowest BCUT2D eigenvalue weighted by atomic mass is 9.95. The van der Waals surface area contributed by atoms with Gasteiger partial charge >= 0.3 is 12.0 Å². The number of aliphatic carboxylic acids is 1. The summed E-state index contributed by atoms with van der Waals surface area (Å²) in [6.45, 7) is 2.80. The summed E-state index contributed by atoms with van der Waals surface area (Å²) in [6.07, 6.45) is 23.0. The van der Waals surface area contributed by atoms with Crippen LogP contribution in [0.5, 0.6) is 0 Å². The van der Waals surface area contributed by atoms with Crippen LogP contribution in [0.4, 0.5) is 4.79 Å². The van der Waals surface area contributed by atoms with Gasteiger partial charge in [-0.25, -0.2) is 4.79 Å². The van der Waals surface area contributed by atoms with E-state index < -0.39 is 12.0 Å². The molecule has 5 heteroatoms.